The van der Waals surface area contributed by atoms with Gasteiger partial charge in [0.05, 0.1) is 11.0 Å². The van der Waals surface area contributed by atoms with Crippen LogP contribution in [0.1, 0.15) is 30.2 Å². The first-order valence-corrected chi connectivity index (χ1v) is 10.1. The highest BCUT2D eigenvalue weighted by Crippen LogP contribution is 2.11. The van der Waals surface area contributed by atoms with Crippen LogP contribution in [0.15, 0.2) is 53.3 Å². The monoisotopic (exact) mass is 406 g/mol. The Morgan fingerprint density at radius 1 is 1.00 bits per heavy atom. The molecule has 30 heavy (non-hydrogen) atoms. The normalized spacial score (nSPS) is 10.7. The first kappa shape index (κ1) is 21.2. The number of hydrogen-bond donors (Lipinski definition) is 2. The second-order valence-electron chi connectivity index (χ2n) is 7.15. The molecule has 7 nitrogen and oxygen atoms in total. The summed E-state index contributed by atoms with van der Waals surface area (Å²) in [5.74, 6) is -0.391. The highest BCUT2D eigenvalue weighted by molar-refractivity contribution is 5.80. The molecule has 3 rings (SSSR count). The molecule has 0 saturated carbocycles. The molecule has 0 aliphatic heterocycles. The predicted octanol–water partition coefficient (Wildman–Crippen LogP) is 2.09. The average Bonchev–Trinajstić information content (AvgIpc) is 2.74. The largest absolute Gasteiger partial charge is 0.356 e. The maximum absolute atomic E-state index is 13.0. The molecule has 0 fully saturated rings. The van der Waals surface area contributed by atoms with E-state index in [9.17, 15) is 14.4 Å². The molecule has 7 heteroatoms. The van der Waals surface area contributed by atoms with E-state index >= 15 is 0 Å². The molecule has 156 valence electrons. The third-order valence-electron chi connectivity index (χ3n) is 4.79. The number of amides is 2. The maximum Gasteiger partial charge on any atom is 0.273 e. The van der Waals surface area contributed by atoms with E-state index in [2.05, 4.69) is 15.6 Å². The van der Waals surface area contributed by atoms with Crippen LogP contribution in [-0.4, -0.2) is 27.9 Å². The Labute approximate surface area is 175 Å². The van der Waals surface area contributed by atoms with E-state index in [-0.39, 0.29) is 42.5 Å². The minimum absolute atomic E-state index is 0.109. The second kappa shape index (κ2) is 9.82. The van der Waals surface area contributed by atoms with Gasteiger partial charge in [0.2, 0.25) is 11.8 Å². The van der Waals surface area contributed by atoms with Gasteiger partial charge >= 0.3 is 0 Å². The molecular formula is C23H26N4O3. The summed E-state index contributed by atoms with van der Waals surface area (Å²) in [4.78, 5) is 41.8. The van der Waals surface area contributed by atoms with E-state index in [1.54, 1.807) is 18.2 Å². The van der Waals surface area contributed by atoms with Gasteiger partial charge in [-0.3, -0.25) is 19.0 Å². The molecule has 2 N–H and O–H groups in total. The maximum atomic E-state index is 13.0. The van der Waals surface area contributed by atoms with Gasteiger partial charge in [0.25, 0.3) is 5.56 Å². The summed E-state index contributed by atoms with van der Waals surface area (Å²) in [6.45, 7) is 4.67. The fourth-order valence-corrected chi connectivity index (χ4v) is 3.19. The fraction of sp³-hybridized carbons (Fsp3) is 0.304. The summed E-state index contributed by atoms with van der Waals surface area (Å²) in [6.07, 6.45) is 0.397. The van der Waals surface area contributed by atoms with Gasteiger partial charge in [-0.15, -0.1) is 0 Å². The van der Waals surface area contributed by atoms with Crippen molar-refractivity contribution in [3.8, 4) is 0 Å². The third-order valence-corrected chi connectivity index (χ3v) is 4.79. The van der Waals surface area contributed by atoms with Gasteiger partial charge in [0, 0.05) is 25.9 Å². The van der Waals surface area contributed by atoms with Crippen molar-refractivity contribution in [2.75, 3.05) is 6.54 Å². The Morgan fingerprint density at radius 2 is 1.73 bits per heavy atom. The van der Waals surface area contributed by atoms with Crippen molar-refractivity contribution >= 4 is 22.8 Å². The van der Waals surface area contributed by atoms with Gasteiger partial charge in [-0.05, 0) is 31.5 Å². The smallest absolute Gasteiger partial charge is 0.273 e. The number of hydrogen-bond acceptors (Lipinski definition) is 4. The van der Waals surface area contributed by atoms with Gasteiger partial charge in [-0.25, -0.2) is 4.98 Å². The van der Waals surface area contributed by atoms with Crippen LogP contribution in [0.2, 0.25) is 0 Å². The fourth-order valence-electron chi connectivity index (χ4n) is 3.19. The molecule has 2 aromatic carbocycles. The number of nitrogens with one attached hydrogen (secondary N) is 2. The van der Waals surface area contributed by atoms with Crippen LogP contribution in [-0.2, 0) is 29.1 Å². The molecule has 0 bridgehead atoms. The van der Waals surface area contributed by atoms with Crippen molar-refractivity contribution < 1.29 is 9.59 Å². The number of carbonyl (C=O) groups excluding carboxylic acids is 2. The molecule has 1 aromatic heterocycles. The molecule has 0 unspecified atom stereocenters. The standard InChI is InChI=1S/C23H26N4O3/c1-3-24-21(28)13-12-19-23(30)27(20-7-5-4-6-18(20)26-19)15-22(29)25-14-17-10-8-16(2)9-11-17/h4-11H,3,12-15H2,1-2H3,(H,24,28)(H,25,29). The van der Waals surface area contributed by atoms with Crippen LogP contribution >= 0.6 is 0 Å². The van der Waals surface area contributed by atoms with Gasteiger partial charge in [0.15, 0.2) is 0 Å². The summed E-state index contributed by atoms with van der Waals surface area (Å²) in [7, 11) is 0. The second-order valence-corrected chi connectivity index (χ2v) is 7.15. The van der Waals surface area contributed by atoms with Crippen LogP contribution in [0.25, 0.3) is 11.0 Å². The van der Waals surface area contributed by atoms with Crippen molar-refractivity contribution in [2.24, 2.45) is 0 Å². The summed E-state index contributed by atoms with van der Waals surface area (Å²) in [5, 5.41) is 5.58. The molecule has 3 aromatic rings. The molecule has 0 radical (unpaired) electrons. The van der Waals surface area contributed by atoms with Crippen molar-refractivity contribution in [3.63, 3.8) is 0 Å². The van der Waals surface area contributed by atoms with E-state index in [0.29, 0.717) is 24.1 Å². The lowest BCUT2D eigenvalue weighted by Crippen LogP contribution is -2.34. The Hall–Kier alpha value is -3.48. The van der Waals surface area contributed by atoms with Crippen molar-refractivity contribution in [3.05, 3.63) is 75.7 Å². The lowest BCUT2D eigenvalue weighted by atomic mass is 10.1. The van der Waals surface area contributed by atoms with Crippen molar-refractivity contribution in [1.29, 1.82) is 0 Å². The minimum Gasteiger partial charge on any atom is -0.356 e. The topological polar surface area (TPSA) is 93.1 Å². The van der Waals surface area contributed by atoms with Gasteiger partial charge in [-0.2, -0.15) is 0 Å². The number of benzene rings is 2. The Kier molecular flexibility index (Phi) is 6.95. The highest BCUT2D eigenvalue weighted by atomic mass is 16.2. The third kappa shape index (κ3) is 5.31. The number of fused-ring (bicyclic) bond motifs is 1. The first-order chi connectivity index (χ1) is 14.5. The zero-order chi connectivity index (χ0) is 21.5. The molecule has 0 aliphatic carbocycles. The van der Waals surface area contributed by atoms with Crippen LogP contribution < -0.4 is 16.2 Å². The number of carbonyl (C=O) groups is 2. The predicted molar refractivity (Wildman–Crippen MR) is 116 cm³/mol. The van der Waals surface area contributed by atoms with Crippen LogP contribution in [0.4, 0.5) is 0 Å². The summed E-state index contributed by atoms with van der Waals surface area (Å²) >= 11 is 0. The van der Waals surface area contributed by atoms with Gasteiger partial charge in [-0.1, -0.05) is 42.0 Å². The van der Waals surface area contributed by atoms with Crippen LogP contribution in [0.5, 0.6) is 0 Å². The number of aromatic nitrogens is 2. The highest BCUT2D eigenvalue weighted by Gasteiger charge is 2.14. The Bertz CT molecular complexity index is 1100. The summed E-state index contributed by atoms with van der Waals surface area (Å²) in [6, 6.07) is 15.1. The summed E-state index contributed by atoms with van der Waals surface area (Å²) < 4.78 is 1.43. The molecule has 1 heterocycles. The van der Waals surface area contributed by atoms with Gasteiger partial charge < -0.3 is 10.6 Å². The number of nitrogens with zero attached hydrogens (tertiary/aromatic N) is 2. The lowest BCUT2D eigenvalue weighted by molar-refractivity contribution is -0.122. The van der Waals surface area contributed by atoms with Crippen LogP contribution in [0, 0.1) is 6.92 Å². The SMILES string of the molecule is CCNC(=O)CCc1nc2ccccc2n(CC(=O)NCc2ccc(C)cc2)c1=O. The van der Waals surface area contributed by atoms with E-state index in [0.717, 1.165) is 11.1 Å². The number of aryl methyl sites for hydroxylation is 2. The zero-order valence-corrected chi connectivity index (χ0v) is 17.3. The molecule has 0 spiro atoms. The number of rotatable bonds is 8. The minimum atomic E-state index is -0.344. The molecular weight excluding hydrogens is 380 g/mol. The van der Waals surface area contributed by atoms with E-state index in [1.165, 1.54) is 4.57 Å². The van der Waals surface area contributed by atoms with Crippen molar-refractivity contribution in [2.45, 2.75) is 39.8 Å². The van der Waals surface area contributed by atoms with Crippen LogP contribution in [0.3, 0.4) is 0 Å². The Morgan fingerprint density at radius 3 is 2.47 bits per heavy atom. The molecule has 0 saturated heterocycles. The molecule has 0 aliphatic rings. The quantitative estimate of drug-likeness (QED) is 0.599. The first-order valence-electron chi connectivity index (χ1n) is 10.1. The van der Waals surface area contributed by atoms with Gasteiger partial charge in [0.1, 0.15) is 12.2 Å². The lowest BCUT2D eigenvalue weighted by Gasteiger charge is -2.13. The average molecular weight is 406 g/mol. The van der Waals surface area contributed by atoms with E-state index in [4.69, 9.17) is 0 Å². The van der Waals surface area contributed by atoms with E-state index in [1.807, 2.05) is 44.2 Å². The van der Waals surface area contributed by atoms with E-state index < -0.39 is 0 Å². The number of para-hydroxylation sites is 2. The zero-order valence-electron chi connectivity index (χ0n) is 17.3. The molecule has 2 amide bonds. The molecule has 0 atom stereocenters. The Balaban J connectivity index is 1.79. The van der Waals surface area contributed by atoms with Crippen molar-refractivity contribution in [1.82, 2.24) is 20.2 Å². The summed E-state index contributed by atoms with van der Waals surface area (Å²) in [5.41, 5.74) is 3.29.